The molecular formula is C20H20Cl2N6O3S2. The van der Waals surface area contributed by atoms with Gasteiger partial charge < -0.3 is 9.47 Å². The third-order valence-electron chi connectivity index (χ3n) is 5.78. The Morgan fingerprint density at radius 2 is 1.97 bits per heavy atom. The summed E-state index contributed by atoms with van der Waals surface area (Å²) < 4.78 is 30.2. The molecule has 174 valence electrons. The fourth-order valence-corrected chi connectivity index (χ4v) is 5.61. The minimum Gasteiger partial charge on any atom is -0.327 e. The summed E-state index contributed by atoms with van der Waals surface area (Å²) in [7, 11) is -3.25. The second-order valence-electron chi connectivity index (χ2n) is 8.33. The molecule has 2 aliphatic rings. The van der Waals surface area contributed by atoms with Gasteiger partial charge in [-0.15, -0.1) is 10.2 Å². The molecule has 1 aromatic carbocycles. The number of hydrogen-bond acceptors (Lipinski definition) is 8. The number of hydrogen-bond donors (Lipinski definition) is 0. The van der Waals surface area contributed by atoms with Gasteiger partial charge in [0.25, 0.3) is 5.91 Å². The Morgan fingerprint density at radius 1 is 1.18 bits per heavy atom. The Hall–Kier alpha value is -2.08. The standard InChI is InChI=1S/C20H20Cl2N6O3S2/c1-33(30,31)9-6-15-17-24-25-18(19-23-16(26-32-19)11-2-3-11)28(17)8-7-27(15)20(29)12-4-5-13(21)14(22)10-12/h4-5,10-11,15H,2-3,6-9H2,1H3. The van der Waals surface area contributed by atoms with Crippen LogP contribution < -0.4 is 0 Å². The summed E-state index contributed by atoms with van der Waals surface area (Å²) in [5.41, 5.74) is 0.375. The highest BCUT2D eigenvalue weighted by Crippen LogP contribution is 2.40. The summed E-state index contributed by atoms with van der Waals surface area (Å²) >= 11 is 13.4. The molecule has 13 heteroatoms. The van der Waals surface area contributed by atoms with Crippen LogP contribution in [0.25, 0.3) is 10.8 Å². The molecule has 9 nitrogen and oxygen atoms in total. The van der Waals surface area contributed by atoms with Crippen LogP contribution in [0.3, 0.4) is 0 Å². The number of aromatic nitrogens is 5. The van der Waals surface area contributed by atoms with Crippen molar-refractivity contribution in [2.45, 2.75) is 37.8 Å². The lowest BCUT2D eigenvalue weighted by atomic mass is 10.1. The Kier molecular flexibility index (Phi) is 5.92. The van der Waals surface area contributed by atoms with Gasteiger partial charge in [0.2, 0.25) is 0 Å². The lowest BCUT2D eigenvalue weighted by molar-refractivity contribution is 0.0612. The van der Waals surface area contributed by atoms with Crippen molar-refractivity contribution in [1.82, 2.24) is 29.0 Å². The summed E-state index contributed by atoms with van der Waals surface area (Å²) in [6.07, 6.45) is 3.59. The monoisotopic (exact) mass is 526 g/mol. The highest BCUT2D eigenvalue weighted by Gasteiger charge is 2.36. The normalized spacial score (nSPS) is 18.4. The van der Waals surface area contributed by atoms with Gasteiger partial charge in [-0.1, -0.05) is 23.2 Å². The molecule has 1 aliphatic carbocycles. The maximum atomic E-state index is 13.4. The zero-order valence-electron chi connectivity index (χ0n) is 17.6. The average molecular weight is 527 g/mol. The fraction of sp³-hybridized carbons (Fsp3) is 0.450. The molecule has 0 saturated heterocycles. The molecular weight excluding hydrogens is 507 g/mol. The number of amides is 1. The van der Waals surface area contributed by atoms with E-state index in [9.17, 15) is 13.2 Å². The molecule has 1 saturated carbocycles. The van der Waals surface area contributed by atoms with E-state index >= 15 is 0 Å². The van der Waals surface area contributed by atoms with Gasteiger partial charge in [0.15, 0.2) is 16.7 Å². The van der Waals surface area contributed by atoms with Crippen LogP contribution in [0.15, 0.2) is 18.2 Å². The quantitative estimate of drug-likeness (QED) is 0.482. The van der Waals surface area contributed by atoms with Crippen LogP contribution in [-0.2, 0) is 16.4 Å². The van der Waals surface area contributed by atoms with E-state index in [1.807, 2.05) is 4.57 Å². The van der Waals surface area contributed by atoms with E-state index in [2.05, 4.69) is 19.6 Å². The second kappa shape index (κ2) is 8.61. The first-order valence-electron chi connectivity index (χ1n) is 10.4. The molecule has 1 amide bonds. The van der Waals surface area contributed by atoms with Gasteiger partial charge >= 0.3 is 0 Å². The van der Waals surface area contributed by atoms with Crippen molar-refractivity contribution in [3.05, 3.63) is 45.5 Å². The first kappa shape index (κ1) is 22.7. The third kappa shape index (κ3) is 4.64. The molecule has 3 aromatic rings. The molecule has 0 radical (unpaired) electrons. The summed E-state index contributed by atoms with van der Waals surface area (Å²) in [5, 5.41) is 10.0. The molecule has 1 unspecified atom stereocenters. The number of benzene rings is 1. The first-order chi connectivity index (χ1) is 15.7. The summed E-state index contributed by atoms with van der Waals surface area (Å²) in [4.78, 5) is 19.6. The zero-order chi connectivity index (χ0) is 23.3. The summed E-state index contributed by atoms with van der Waals surface area (Å²) in [5.74, 6) is 2.05. The highest BCUT2D eigenvalue weighted by molar-refractivity contribution is 7.90. The summed E-state index contributed by atoms with van der Waals surface area (Å²) in [6, 6.07) is 4.13. The molecule has 1 fully saturated rings. The molecule has 1 aliphatic heterocycles. The van der Waals surface area contributed by atoms with E-state index in [4.69, 9.17) is 23.2 Å². The molecule has 0 spiro atoms. The topological polar surface area (TPSA) is 111 Å². The van der Waals surface area contributed by atoms with Crippen molar-refractivity contribution < 1.29 is 13.2 Å². The van der Waals surface area contributed by atoms with Crippen LogP contribution in [0, 0.1) is 0 Å². The van der Waals surface area contributed by atoms with Gasteiger partial charge in [0.05, 0.1) is 21.8 Å². The fourth-order valence-electron chi connectivity index (χ4n) is 3.92. The van der Waals surface area contributed by atoms with Crippen LogP contribution in [0.4, 0.5) is 0 Å². The van der Waals surface area contributed by atoms with Gasteiger partial charge in [0, 0.05) is 30.8 Å². The van der Waals surface area contributed by atoms with E-state index < -0.39 is 15.9 Å². The number of nitrogens with zero attached hydrogens (tertiary/aromatic N) is 6. The van der Waals surface area contributed by atoms with Gasteiger partial charge in [-0.3, -0.25) is 4.79 Å². The number of sulfone groups is 1. The molecule has 3 heterocycles. The smallest absolute Gasteiger partial charge is 0.254 e. The Balaban J connectivity index is 1.49. The maximum Gasteiger partial charge on any atom is 0.254 e. The summed E-state index contributed by atoms with van der Waals surface area (Å²) in [6.45, 7) is 0.818. The highest BCUT2D eigenvalue weighted by atomic mass is 35.5. The minimum atomic E-state index is -3.25. The number of carbonyl (C=O) groups excluding carboxylic acids is 1. The molecule has 0 bridgehead atoms. The van der Waals surface area contributed by atoms with E-state index in [1.54, 1.807) is 17.0 Å². The molecule has 0 N–H and O–H groups in total. The van der Waals surface area contributed by atoms with Gasteiger partial charge in [-0.25, -0.2) is 13.4 Å². The largest absolute Gasteiger partial charge is 0.327 e. The number of carbonyl (C=O) groups is 1. The molecule has 33 heavy (non-hydrogen) atoms. The predicted octanol–water partition coefficient (Wildman–Crippen LogP) is 3.61. The number of halogens is 2. The zero-order valence-corrected chi connectivity index (χ0v) is 20.8. The third-order valence-corrected chi connectivity index (χ3v) is 8.22. The van der Waals surface area contributed by atoms with E-state index in [1.165, 1.54) is 23.9 Å². The van der Waals surface area contributed by atoms with E-state index in [0.29, 0.717) is 46.2 Å². The van der Waals surface area contributed by atoms with Crippen molar-refractivity contribution in [2.75, 3.05) is 18.6 Å². The average Bonchev–Trinajstić information content (AvgIpc) is 3.34. The Morgan fingerprint density at radius 3 is 2.67 bits per heavy atom. The van der Waals surface area contributed by atoms with Crippen LogP contribution >= 0.6 is 34.7 Å². The van der Waals surface area contributed by atoms with Crippen molar-refractivity contribution in [3.63, 3.8) is 0 Å². The van der Waals surface area contributed by atoms with Crippen molar-refractivity contribution in [3.8, 4) is 10.8 Å². The van der Waals surface area contributed by atoms with Gasteiger partial charge in [0.1, 0.15) is 15.7 Å². The first-order valence-corrected chi connectivity index (χ1v) is 14.0. The van der Waals surface area contributed by atoms with Crippen molar-refractivity contribution >= 4 is 50.5 Å². The van der Waals surface area contributed by atoms with Gasteiger partial charge in [-0.05, 0) is 49.0 Å². The van der Waals surface area contributed by atoms with E-state index in [-0.39, 0.29) is 23.1 Å². The Bertz CT molecular complexity index is 1340. The van der Waals surface area contributed by atoms with Crippen molar-refractivity contribution in [2.24, 2.45) is 0 Å². The minimum absolute atomic E-state index is 0.0876. The van der Waals surface area contributed by atoms with Crippen LogP contribution in [0.5, 0.6) is 0 Å². The second-order valence-corrected chi connectivity index (χ2v) is 12.2. The SMILES string of the molecule is CS(=O)(=O)CCC1c2nnc(-c3nc(C4CC4)ns3)n2CCN1C(=O)c1ccc(Cl)c(Cl)c1. The molecule has 5 rings (SSSR count). The van der Waals surface area contributed by atoms with Gasteiger partial charge in [-0.2, -0.15) is 4.37 Å². The molecule has 2 aromatic heterocycles. The number of fused-ring (bicyclic) bond motifs is 1. The number of rotatable bonds is 6. The Labute approximate surface area is 204 Å². The molecule has 1 atom stereocenters. The predicted molar refractivity (Wildman–Crippen MR) is 125 cm³/mol. The van der Waals surface area contributed by atoms with Crippen LogP contribution in [-0.4, -0.2) is 61.9 Å². The van der Waals surface area contributed by atoms with Crippen LogP contribution in [0.1, 0.15) is 53.2 Å². The van der Waals surface area contributed by atoms with E-state index in [0.717, 1.165) is 18.7 Å². The lowest BCUT2D eigenvalue weighted by Gasteiger charge is -2.36. The lowest BCUT2D eigenvalue weighted by Crippen LogP contribution is -2.43. The maximum absolute atomic E-state index is 13.4. The van der Waals surface area contributed by atoms with Crippen LogP contribution in [0.2, 0.25) is 10.0 Å². The van der Waals surface area contributed by atoms with Crippen molar-refractivity contribution in [1.29, 1.82) is 0 Å².